The van der Waals surface area contributed by atoms with Crippen LogP contribution in [0.25, 0.3) is 0 Å². The zero-order chi connectivity index (χ0) is 16.9. The van der Waals surface area contributed by atoms with Crippen LogP contribution < -0.4 is 10.1 Å². The van der Waals surface area contributed by atoms with E-state index < -0.39 is 0 Å². The van der Waals surface area contributed by atoms with Crippen molar-refractivity contribution in [1.29, 1.82) is 0 Å². The summed E-state index contributed by atoms with van der Waals surface area (Å²) in [6.07, 6.45) is 8.89. The van der Waals surface area contributed by atoms with Gasteiger partial charge < -0.3 is 10.1 Å². The fourth-order valence-electron chi connectivity index (χ4n) is 6.16. The summed E-state index contributed by atoms with van der Waals surface area (Å²) in [5.41, 5.74) is 1.76. The minimum absolute atomic E-state index is 0.547. The van der Waals surface area contributed by atoms with Crippen molar-refractivity contribution in [1.82, 2.24) is 5.32 Å². The second kappa shape index (κ2) is 6.59. The van der Waals surface area contributed by atoms with Crippen LogP contribution in [0.4, 0.5) is 0 Å². The van der Waals surface area contributed by atoms with Crippen LogP contribution in [-0.2, 0) is 6.54 Å². The molecule has 1 aromatic carbocycles. The van der Waals surface area contributed by atoms with Gasteiger partial charge in [0.15, 0.2) is 0 Å². The summed E-state index contributed by atoms with van der Waals surface area (Å²) >= 11 is 7.22. The minimum atomic E-state index is 0.547. The lowest BCUT2D eigenvalue weighted by atomic mass is 9.48. The van der Waals surface area contributed by atoms with Crippen LogP contribution in [-0.4, -0.2) is 13.2 Å². The molecule has 0 spiro atoms. The maximum Gasteiger partial charge on any atom is 0.137 e. The molecule has 2 nitrogen and oxygen atoms in total. The van der Waals surface area contributed by atoms with Gasteiger partial charge in [0.1, 0.15) is 5.75 Å². The van der Waals surface area contributed by atoms with Crippen molar-refractivity contribution >= 4 is 31.9 Å². The summed E-state index contributed by atoms with van der Waals surface area (Å²) in [6, 6.07) is 4.79. The Hall–Kier alpha value is -0.0600. The molecular formula is C20H27Br2NO. The number of hydrogen-bond acceptors (Lipinski definition) is 2. The van der Waals surface area contributed by atoms with Crippen LogP contribution in [0.15, 0.2) is 21.1 Å². The zero-order valence-electron chi connectivity index (χ0n) is 14.6. The Labute approximate surface area is 162 Å². The second-order valence-electron chi connectivity index (χ2n) is 8.46. The Morgan fingerprint density at radius 2 is 1.71 bits per heavy atom. The lowest BCUT2D eigenvalue weighted by molar-refractivity contribution is -0.0706. The molecule has 4 bridgehead atoms. The first-order chi connectivity index (χ1) is 11.5. The molecule has 4 saturated carbocycles. The van der Waals surface area contributed by atoms with Gasteiger partial charge in [0.2, 0.25) is 0 Å². The predicted molar refractivity (Wildman–Crippen MR) is 105 cm³/mol. The molecule has 1 atom stereocenters. The van der Waals surface area contributed by atoms with E-state index in [4.69, 9.17) is 4.74 Å². The van der Waals surface area contributed by atoms with Gasteiger partial charge in [-0.3, -0.25) is 0 Å². The van der Waals surface area contributed by atoms with Gasteiger partial charge >= 0.3 is 0 Å². The number of halogens is 2. The van der Waals surface area contributed by atoms with Gasteiger partial charge in [0, 0.05) is 22.6 Å². The van der Waals surface area contributed by atoms with E-state index in [0.29, 0.717) is 11.5 Å². The molecule has 0 radical (unpaired) electrons. The van der Waals surface area contributed by atoms with Crippen LogP contribution in [0.2, 0.25) is 0 Å². The third-order valence-corrected chi connectivity index (χ3v) is 7.94. The van der Waals surface area contributed by atoms with E-state index in [1.54, 1.807) is 7.11 Å². The molecule has 0 aromatic heterocycles. The Morgan fingerprint density at radius 1 is 1.12 bits per heavy atom. The van der Waals surface area contributed by atoms with E-state index >= 15 is 0 Å². The highest BCUT2D eigenvalue weighted by Gasteiger charge is 2.52. The first kappa shape index (κ1) is 17.4. The first-order valence-corrected chi connectivity index (χ1v) is 10.8. The summed E-state index contributed by atoms with van der Waals surface area (Å²) < 4.78 is 7.71. The van der Waals surface area contributed by atoms with Crippen molar-refractivity contribution in [3.8, 4) is 5.75 Å². The number of rotatable bonds is 5. The van der Waals surface area contributed by atoms with Crippen molar-refractivity contribution in [2.24, 2.45) is 23.2 Å². The Kier molecular flexibility index (Phi) is 4.77. The Bertz CT molecular complexity index is 595. The molecule has 1 N–H and O–H groups in total. The molecule has 24 heavy (non-hydrogen) atoms. The largest absolute Gasteiger partial charge is 0.495 e. The van der Waals surface area contributed by atoms with E-state index in [0.717, 1.165) is 39.0 Å². The zero-order valence-corrected chi connectivity index (χ0v) is 17.8. The van der Waals surface area contributed by atoms with E-state index in [1.165, 1.54) is 44.1 Å². The van der Waals surface area contributed by atoms with E-state index in [-0.39, 0.29) is 0 Å². The molecule has 0 saturated heterocycles. The second-order valence-corrected chi connectivity index (χ2v) is 10.2. The molecular weight excluding hydrogens is 430 g/mol. The fourth-order valence-corrected chi connectivity index (χ4v) is 7.64. The van der Waals surface area contributed by atoms with Crippen LogP contribution in [0, 0.1) is 23.2 Å². The van der Waals surface area contributed by atoms with Crippen LogP contribution in [0.5, 0.6) is 5.75 Å². The summed E-state index contributed by atoms with van der Waals surface area (Å²) in [6.45, 7) is 3.29. The van der Waals surface area contributed by atoms with Crippen LogP contribution in [0.3, 0.4) is 0 Å². The molecule has 0 heterocycles. The minimum Gasteiger partial charge on any atom is -0.495 e. The van der Waals surface area contributed by atoms with Crippen molar-refractivity contribution in [3.05, 3.63) is 26.6 Å². The molecule has 4 aliphatic rings. The maximum absolute atomic E-state index is 5.60. The molecule has 4 heteroatoms. The number of ether oxygens (including phenoxy) is 1. The van der Waals surface area contributed by atoms with Gasteiger partial charge in [0.05, 0.1) is 11.6 Å². The lowest BCUT2D eigenvalue weighted by Crippen LogP contribution is -2.54. The maximum atomic E-state index is 5.60. The molecule has 1 aromatic rings. The molecule has 0 unspecified atom stereocenters. The molecule has 4 aliphatic carbocycles. The van der Waals surface area contributed by atoms with Gasteiger partial charge in [-0.25, -0.2) is 0 Å². The molecule has 132 valence electrons. The highest BCUT2D eigenvalue weighted by atomic mass is 79.9. The highest BCUT2D eigenvalue weighted by Crippen LogP contribution is 2.61. The number of hydrogen-bond donors (Lipinski definition) is 1. The predicted octanol–water partition coefficient (Wildman–Crippen LogP) is 5.91. The van der Waals surface area contributed by atoms with Crippen LogP contribution in [0.1, 0.15) is 51.0 Å². The van der Waals surface area contributed by atoms with E-state index in [1.807, 2.05) is 6.07 Å². The average molecular weight is 457 g/mol. The van der Waals surface area contributed by atoms with E-state index in [9.17, 15) is 0 Å². The highest BCUT2D eigenvalue weighted by molar-refractivity contribution is 9.11. The Morgan fingerprint density at radius 3 is 2.25 bits per heavy atom. The van der Waals surface area contributed by atoms with Gasteiger partial charge in [0.25, 0.3) is 0 Å². The Balaban J connectivity index is 1.49. The molecule has 4 fully saturated rings. The number of benzene rings is 1. The normalized spacial score (nSPS) is 35.2. The van der Waals surface area contributed by atoms with Crippen molar-refractivity contribution in [2.75, 3.05) is 7.11 Å². The first-order valence-electron chi connectivity index (χ1n) is 9.24. The number of nitrogens with one attached hydrogen (secondary N) is 1. The van der Waals surface area contributed by atoms with Crippen molar-refractivity contribution in [3.63, 3.8) is 0 Å². The summed E-state index contributed by atoms with van der Waals surface area (Å²) in [7, 11) is 1.75. The SMILES string of the molecule is COc1c(Br)cc(Br)cc1CN[C@@H](C)C12CC3CC(CC(C3)C1)C2. The smallest absolute Gasteiger partial charge is 0.137 e. The van der Waals surface area contributed by atoms with Gasteiger partial charge in [-0.2, -0.15) is 0 Å². The number of methoxy groups -OCH3 is 1. The van der Waals surface area contributed by atoms with Crippen molar-refractivity contribution in [2.45, 2.75) is 58.0 Å². The summed E-state index contributed by atoms with van der Waals surface area (Å²) in [5, 5.41) is 3.86. The molecule has 0 amide bonds. The van der Waals surface area contributed by atoms with Gasteiger partial charge in [-0.15, -0.1) is 0 Å². The molecule has 5 rings (SSSR count). The third kappa shape index (κ3) is 3.07. The van der Waals surface area contributed by atoms with Gasteiger partial charge in [-0.1, -0.05) is 15.9 Å². The van der Waals surface area contributed by atoms with Crippen LogP contribution >= 0.6 is 31.9 Å². The fraction of sp³-hybridized carbons (Fsp3) is 0.700. The topological polar surface area (TPSA) is 21.3 Å². The molecule has 0 aliphatic heterocycles. The van der Waals surface area contributed by atoms with Gasteiger partial charge in [-0.05, 0) is 96.7 Å². The van der Waals surface area contributed by atoms with E-state index in [2.05, 4.69) is 50.2 Å². The lowest BCUT2D eigenvalue weighted by Gasteiger charge is -2.59. The monoisotopic (exact) mass is 455 g/mol. The average Bonchev–Trinajstić information content (AvgIpc) is 2.50. The quantitative estimate of drug-likeness (QED) is 0.594. The standard InChI is InChI=1S/C20H27Br2NO/c1-12(20-8-13-3-14(9-20)5-15(4-13)10-20)23-11-16-6-17(21)7-18(22)19(16)24-2/h6-7,12-15,23H,3-5,8-11H2,1-2H3/t12-,13?,14?,15?,20?/m0/s1. The third-order valence-electron chi connectivity index (χ3n) is 6.89. The summed E-state index contributed by atoms with van der Waals surface area (Å²) in [5.74, 6) is 3.98. The van der Waals surface area contributed by atoms with Crippen molar-refractivity contribution < 1.29 is 4.74 Å². The summed E-state index contributed by atoms with van der Waals surface area (Å²) in [4.78, 5) is 0.